The number of nitrogens with one attached hydrogen (secondary N) is 4. The highest BCUT2D eigenvalue weighted by atomic mass is 32.2. The van der Waals surface area contributed by atoms with E-state index in [9.17, 15) is 24.3 Å². The smallest absolute Gasteiger partial charge is 0.326 e. The summed E-state index contributed by atoms with van der Waals surface area (Å²) in [6.45, 7) is 2.01. The first-order valence-electron chi connectivity index (χ1n) is 12.3. The van der Waals surface area contributed by atoms with E-state index in [0.29, 0.717) is 25.1 Å². The maximum Gasteiger partial charge on any atom is 0.326 e. The van der Waals surface area contributed by atoms with E-state index < -0.39 is 47.9 Å². The lowest BCUT2D eigenvalue weighted by molar-refractivity contribution is -0.142. The van der Waals surface area contributed by atoms with Crippen molar-refractivity contribution in [2.75, 3.05) is 18.6 Å². The van der Waals surface area contributed by atoms with Crippen LogP contribution in [0.4, 0.5) is 0 Å². The Bertz CT molecular complexity index is 1060. The van der Waals surface area contributed by atoms with Gasteiger partial charge < -0.3 is 37.5 Å². The van der Waals surface area contributed by atoms with Gasteiger partial charge >= 0.3 is 5.97 Å². The number of carbonyl (C=O) groups excluding carboxylic acids is 3. The third-order valence-corrected chi connectivity index (χ3v) is 6.66. The molecule has 204 valence electrons. The van der Waals surface area contributed by atoms with Gasteiger partial charge in [0.05, 0.1) is 6.04 Å². The number of hydrogen-bond donors (Lipinski definition) is 7. The summed E-state index contributed by atoms with van der Waals surface area (Å²) in [5, 5.41) is 18.4. The molecule has 0 aliphatic rings. The normalized spacial score (nSPS) is 14.4. The summed E-state index contributed by atoms with van der Waals surface area (Å²) in [7, 11) is 0. The van der Waals surface area contributed by atoms with Crippen LogP contribution in [0.2, 0.25) is 0 Å². The number of aromatic nitrogens is 1. The molecule has 9 N–H and O–H groups in total. The molecule has 1 aromatic carbocycles. The number of aromatic amines is 1. The van der Waals surface area contributed by atoms with E-state index >= 15 is 0 Å². The number of aliphatic carboxylic acids is 1. The van der Waals surface area contributed by atoms with Crippen LogP contribution in [0.3, 0.4) is 0 Å². The Labute approximate surface area is 220 Å². The van der Waals surface area contributed by atoms with E-state index in [1.807, 2.05) is 30.5 Å². The molecule has 4 atom stereocenters. The molecule has 0 fully saturated rings. The van der Waals surface area contributed by atoms with Gasteiger partial charge in [0.1, 0.15) is 18.1 Å². The lowest BCUT2D eigenvalue weighted by atomic mass is 10.0. The van der Waals surface area contributed by atoms with Crippen molar-refractivity contribution >= 4 is 46.4 Å². The quantitative estimate of drug-likeness (QED) is 0.151. The largest absolute Gasteiger partial charge is 0.480 e. The fourth-order valence-corrected chi connectivity index (χ4v) is 4.29. The summed E-state index contributed by atoms with van der Waals surface area (Å²) < 4.78 is 0. The average Bonchev–Trinajstić information content (AvgIpc) is 3.28. The zero-order valence-electron chi connectivity index (χ0n) is 21.3. The van der Waals surface area contributed by atoms with Crippen LogP contribution in [0.1, 0.15) is 38.2 Å². The second-order valence-corrected chi connectivity index (χ2v) is 9.91. The molecular weight excluding hydrogens is 496 g/mol. The van der Waals surface area contributed by atoms with Gasteiger partial charge in [-0.15, -0.1) is 0 Å². The number of unbranched alkanes of at least 4 members (excludes halogenated alkanes) is 1. The maximum absolute atomic E-state index is 13.1. The molecule has 0 radical (unpaired) electrons. The molecule has 1 aromatic heterocycles. The van der Waals surface area contributed by atoms with E-state index in [2.05, 4.69) is 20.9 Å². The number of carboxylic acids is 1. The van der Waals surface area contributed by atoms with Gasteiger partial charge in [-0.05, 0) is 56.4 Å². The SMILES string of the molecule is CSCCC(NC(=O)C(C)NC(=O)C(N)CCCCN)C(=O)NC(Cc1c[nH]c2ccccc12)C(=O)O. The van der Waals surface area contributed by atoms with Gasteiger partial charge in [0, 0.05) is 23.5 Å². The fourth-order valence-electron chi connectivity index (χ4n) is 3.82. The summed E-state index contributed by atoms with van der Waals surface area (Å²) in [6.07, 6.45) is 5.85. The van der Waals surface area contributed by atoms with Gasteiger partial charge in [-0.25, -0.2) is 4.79 Å². The predicted octanol–water partition coefficient (Wildman–Crippen LogP) is 0.479. The number of hydrogen-bond acceptors (Lipinski definition) is 7. The Kier molecular flexibility index (Phi) is 12.4. The third-order valence-electron chi connectivity index (χ3n) is 6.02. The van der Waals surface area contributed by atoms with Crippen molar-refractivity contribution in [2.24, 2.45) is 11.5 Å². The molecule has 3 amide bonds. The minimum atomic E-state index is -1.19. The molecule has 0 saturated carbocycles. The third kappa shape index (κ3) is 9.38. The van der Waals surface area contributed by atoms with E-state index in [1.54, 1.807) is 6.20 Å². The number of H-pyrrole nitrogens is 1. The maximum atomic E-state index is 13.1. The zero-order valence-corrected chi connectivity index (χ0v) is 22.1. The van der Waals surface area contributed by atoms with Gasteiger partial charge in [-0.2, -0.15) is 11.8 Å². The van der Waals surface area contributed by atoms with Crippen LogP contribution in [-0.2, 0) is 25.6 Å². The van der Waals surface area contributed by atoms with Crippen LogP contribution < -0.4 is 27.4 Å². The van der Waals surface area contributed by atoms with Crippen molar-refractivity contribution in [3.63, 3.8) is 0 Å². The second-order valence-electron chi connectivity index (χ2n) is 8.93. The summed E-state index contributed by atoms with van der Waals surface area (Å²) in [4.78, 5) is 53.2. The summed E-state index contributed by atoms with van der Waals surface area (Å²) in [5.41, 5.74) is 13.0. The fraction of sp³-hybridized carbons (Fsp3) is 0.520. The molecule has 2 rings (SSSR count). The average molecular weight is 535 g/mol. The Balaban J connectivity index is 2.02. The van der Waals surface area contributed by atoms with Crippen molar-refractivity contribution in [2.45, 2.75) is 63.2 Å². The molecule has 0 spiro atoms. The summed E-state index contributed by atoms with van der Waals surface area (Å²) >= 11 is 1.49. The van der Waals surface area contributed by atoms with E-state index in [-0.39, 0.29) is 12.8 Å². The monoisotopic (exact) mass is 534 g/mol. The minimum Gasteiger partial charge on any atom is -0.480 e. The van der Waals surface area contributed by atoms with Crippen molar-refractivity contribution in [3.05, 3.63) is 36.0 Å². The van der Waals surface area contributed by atoms with Crippen LogP contribution in [0.5, 0.6) is 0 Å². The van der Waals surface area contributed by atoms with Crippen LogP contribution in [-0.4, -0.2) is 76.5 Å². The van der Waals surface area contributed by atoms with Gasteiger partial charge in [0.15, 0.2) is 0 Å². The van der Waals surface area contributed by atoms with Gasteiger partial charge in [0.2, 0.25) is 17.7 Å². The van der Waals surface area contributed by atoms with Crippen molar-refractivity contribution in [3.8, 4) is 0 Å². The number of benzene rings is 1. The topological polar surface area (TPSA) is 192 Å². The molecule has 37 heavy (non-hydrogen) atoms. The molecule has 0 bridgehead atoms. The molecule has 0 aliphatic heterocycles. The molecule has 2 aromatic rings. The molecule has 12 heteroatoms. The van der Waals surface area contributed by atoms with Crippen molar-refractivity contribution in [1.82, 2.24) is 20.9 Å². The number of carbonyl (C=O) groups is 4. The minimum absolute atomic E-state index is 0.0722. The molecule has 0 saturated heterocycles. The van der Waals surface area contributed by atoms with Crippen LogP contribution in [0.25, 0.3) is 10.9 Å². The standard InChI is InChI=1S/C25H38N6O5S/c1-15(29-23(33)18(27)8-5-6-11-26)22(32)30-20(10-12-37-2)24(34)31-21(25(35)36)13-16-14-28-19-9-4-3-7-17(16)19/h3-4,7,9,14-15,18,20-21,28H,5-6,8,10-13,26-27H2,1-2H3,(H,29,33)(H,30,32)(H,31,34)(H,35,36). The van der Waals surface area contributed by atoms with E-state index in [4.69, 9.17) is 11.5 Å². The number of fused-ring (bicyclic) bond motifs is 1. The van der Waals surface area contributed by atoms with Crippen LogP contribution >= 0.6 is 11.8 Å². The molecule has 11 nitrogen and oxygen atoms in total. The first-order chi connectivity index (χ1) is 17.7. The molecule has 0 aliphatic carbocycles. The second kappa shape index (κ2) is 15.2. The molecule has 4 unspecified atom stereocenters. The highest BCUT2D eigenvalue weighted by Crippen LogP contribution is 2.19. The van der Waals surface area contributed by atoms with Crippen LogP contribution in [0.15, 0.2) is 30.5 Å². The predicted molar refractivity (Wildman–Crippen MR) is 145 cm³/mol. The highest BCUT2D eigenvalue weighted by Gasteiger charge is 2.29. The summed E-state index contributed by atoms with van der Waals surface area (Å²) in [5.74, 6) is -2.25. The number of nitrogens with two attached hydrogens (primary N) is 2. The number of carboxylic acid groups (broad SMARTS) is 1. The Morgan fingerprint density at radius 3 is 2.38 bits per heavy atom. The van der Waals surface area contributed by atoms with E-state index in [1.165, 1.54) is 18.7 Å². The first-order valence-corrected chi connectivity index (χ1v) is 13.7. The number of amides is 3. The zero-order chi connectivity index (χ0) is 27.4. The molecular formula is C25H38N6O5S. The lowest BCUT2D eigenvalue weighted by Gasteiger charge is -2.23. The van der Waals surface area contributed by atoms with Gasteiger partial charge in [-0.3, -0.25) is 14.4 Å². The van der Waals surface area contributed by atoms with E-state index in [0.717, 1.165) is 22.9 Å². The van der Waals surface area contributed by atoms with Gasteiger partial charge in [0.25, 0.3) is 0 Å². The number of thioether (sulfide) groups is 1. The molecule has 1 heterocycles. The number of para-hydroxylation sites is 1. The number of rotatable bonds is 16. The Morgan fingerprint density at radius 2 is 1.70 bits per heavy atom. The summed E-state index contributed by atoms with van der Waals surface area (Å²) in [6, 6.07) is 3.63. The highest BCUT2D eigenvalue weighted by molar-refractivity contribution is 7.98. The Morgan fingerprint density at radius 1 is 1.00 bits per heavy atom. The van der Waals surface area contributed by atoms with Crippen molar-refractivity contribution in [1.29, 1.82) is 0 Å². The first kappa shape index (κ1) is 30.1. The van der Waals surface area contributed by atoms with Crippen LogP contribution in [0, 0.1) is 0 Å². The Hall–Kier alpha value is -3.09. The van der Waals surface area contributed by atoms with Crippen molar-refractivity contribution < 1.29 is 24.3 Å². The lowest BCUT2D eigenvalue weighted by Crippen LogP contribution is -2.56. The van der Waals surface area contributed by atoms with Gasteiger partial charge in [-0.1, -0.05) is 24.6 Å².